The Morgan fingerprint density at radius 1 is 0.580 bits per heavy atom. The number of likely N-dealkylation sites (N-methyl/N-ethyl adjacent to an activating group) is 2. The summed E-state index contributed by atoms with van der Waals surface area (Å²) in [6.45, 7) is 1.84. The van der Waals surface area contributed by atoms with E-state index in [1.54, 1.807) is 109 Å². The van der Waals surface area contributed by atoms with E-state index in [1.807, 2.05) is 96.6 Å². The van der Waals surface area contributed by atoms with E-state index in [1.165, 1.54) is 7.11 Å². The number of aromatic nitrogens is 1. The molecule has 0 aliphatic rings. The summed E-state index contributed by atoms with van der Waals surface area (Å²) in [5.41, 5.74) is 4.52. The number of anilines is 4. The van der Waals surface area contributed by atoms with Gasteiger partial charge in [-0.3, -0.25) is 9.59 Å². The van der Waals surface area contributed by atoms with Gasteiger partial charge in [0.2, 0.25) is 0 Å². The van der Waals surface area contributed by atoms with Crippen LogP contribution in [0, 0.1) is 0 Å². The molecule has 13 nitrogen and oxygen atoms in total. The average Bonchev–Trinajstić information content (AvgIpc) is 3.39. The van der Waals surface area contributed by atoms with Crippen LogP contribution in [0.15, 0.2) is 176 Å². The second-order valence-electron chi connectivity index (χ2n) is 16.1. The zero-order valence-electron chi connectivity index (χ0n) is 38.6. The quantitative estimate of drug-likeness (QED) is 0.0300. The number of para-hydroxylation sites is 2. The van der Waals surface area contributed by atoms with Gasteiger partial charge in [-0.15, -0.1) is 0 Å². The zero-order valence-corrected chi connectivity index (χ0v) is 38.6. The molecule has 2 atom stereocenters. The lowest BCUT2D eigenvalue weighted by molar-refractivity contribution is -0.137. The van der Waals surface area contributed by atoms with Gasteiger partial charge in [0.05, 0.1) is 18.7 Å². The van der Waals surface area contributed by atoms with Crippen molar-refractivity contribution in [3.63, 3.8) is 0 Å². The maximum absolute atomic E-state index is 13.3. The van der Waals surface area contributed by atoms with Crippen LogP contribution in [0.5, 0.6) is 11.5 Å². The number of carbonyl (C=O) groups excluding carboxylic acids is 3. The molecule has 7 aromatic rings. The van der Waals surface area contributed by atoms with Crippen molar-refractivity contribution in [2.24, 2.45) is 0 Å². The number of carbonyl (C=O) groups is 3. The third kappa shape index (κ3) is 12.9. The molecule has 0 amide bonds. The van der Waals surface area contributed by atoms with Gasteiger partial charge >= 0.3 is 5.97 Å². The lowest BCUT2D eigenvalue weighted by Crippen LogP contribution is -2.32. The molecule has 7 rings (SSSR count). The molecule has 0 radical (unpaired) electrons. The molecule has 69 heavy (non-hydrogen) atoms. The van der Waals surface area contributed by atoms with E-state index < -0.39 is 18.2 Å². The first-order valence-corrected chi connectivity index (χ1v) is 22.4. The van der Waals surface area contributed by atoms with Gasteiger partial charge in [-0.25, -0.2) is 14.6 Å². The lowest BCUT2D eigenvalue weighted by Gasteiger charge is -2.23. The minimum absolute atomic E-state index is 0.156. The lowest BCUT2D eigenvalue weighted by atomic mass is 10.00. The van der Waals surface area contributed by atoms with Crippen molar-refractivity contribution < 1.29 is 38.5 Å². The molecular weight excluding hydrogens is 871 g/mol. The van der Waals surface area contributed by atoms with Crippen molar-refractivity contribution in [2.75, 3.05) is 67.9 Å². The summed E-state index contributed by atoms with van der Waals surface area (Å²) >= 11 is 0. The molecule has 0 saturated carbocycles. The number of methoxy groups -OCH3 is 1. The first-order valence-electron chi connectivity index (χ1n) is 22.4. The van der Waals surface area contributed by atoms with Crippen molar-refractivity contribution in [1.82, 2.24) is 4.98 Å². The number of ketones is 2. The third-order valence-electron chi connectivity index (χ3n) is 11.4. The maximum Gasteiger partial charge on any atom is 0.326 e. The van der Waals surface area contributed by atoms with Crippen molar-refractivity contribution in [2.45, 2.75) is 18.7 Å². The van der Waals surface area contributed by atoms with Crippen LogP contribution in [0.25, 0.3) is 5.57 Å². The molecule has 0 fully saturated rings. The van der Waals surface area contributed by atoms with E-state index >= 15 is 0 Å². The fourth-order valence-corrected chi connectivity index (χ4v) is 7.50. The maximum atomic E-state index is 13.3. The Morgan fingerprint density at radius 3 is 1.52 bits per heavy atom. The predicted octanol–water partition coefficient (Wildman–Crippen LogP) is 8.98. The molecule has 1 aromatic heterocycles. The van der Waals surface area contributed by atoms with Crippen LogP contribution in [0.2, 0.25) is 0 Å². The number of hydrogen-bond donors (Lipinski definition) is 3. The van der Waals surface area contributed by atoms with Crippen LogP contribution in [-0.2, 0) is 20.7 Å². The first kappa shape index (κ1) is 48.4. The van der Waals surface area contributed by atoms with E-state index in [0.717, 1.165) is 17.2 Å². The number of benzene rings is 6. The zero-order chi connectivity index (χ0) is 48.5. The monoisotopic (exact) mass is 923 g/mol. The topological polar surface area (TPSA) is 160 Å². The van der Waals surface area contributed by atoms with Crippen LogP contribution in [0.3, 0.4) is 0 Å². The summed E-state index contributed by atoms with van der Waals surface area (Å²) in [5, 5.41) is 16.4. The Kier molecular flexibility index (Phi) is 16.7. The highest BCUT2D eigenvalue weighted by molar-refractivity contribution is 6.13. The van der Waals surface area contributed by atoms with Gasteiger partial charge in [-0.2, -0.15) is 0 Å². The largest absolute Gasteiger partial charge is 0.492 e. The van der Waals surface area contributed by atoms with Crippen molar-refractivity contribution in [1.29, 1.82) is 0 Å². The highest BCUT2D eigenvalue weighted by Gasteiger charge is 2.23. The van der Waals surface area contributed by atoms with Crippen molar-refractivity contribution >= 4 is 52.1 Å². The summed E-state index contributed by atoms with van der Waals surface area (Å²) in [6, 6.07) is 51.2. The summed E-state index contributed by atoms with van der Waals surface area (Å²) < 4.78 is 17.8. The second kappa shape index (κ2) is 23.8. The number of carboxylic acid groups (broad SMARTS) is 1. The van der Waals surface area contributed by atoms with Gasteiger partial charge in [-0.05, 0) is 71.8 Å². The molecule has 0 bridgehead atoms. The van der Waals surface area contributed by atoms with Gasteiger partial charge in [-0.1, -0.05) is 115 Å². The predicted molar refractivity (Wildman–Crippen MR) is 270 cm³/mol. The number of hydrogen-bond acceptors (Lipinski definition) is 12. The molecule has 6 aromatic carbocycles. The van der Waals surface area contributed by atoms with E-state index in [2.05, 4.69) is 10.6 Å². The average molecular weight is 924 g/mol. The van der Waals surface area contributed by atoms with Crippen LogP contribution < -0.4 is 29.9 Å². The molecule has 0 unspecified atom stereocenters. The normalized spacial score (nSPS) is 11.6. The van der Waals surface area contributed by atoms with E-state index in [9.17, 15) is 24.3 Å². The molecule has 3 N–H and O–H groups in total. The number of aliphatic carboxylic acids is 1. The first-order chi connectivity index (χ1) is 33.6. The smallest absolute Gasteiger partial charge is 0.326 e. The van der Waals surface area contributed by atoms with Crippen LogP contribution >= 0.6 is 0 Å². The van der Waals surface area contributed by atoms with Gasteiger partial charge < -0.3 is 39.8 Å². The number of rotatable bonds is 24. The molecule has 0 aliphatic heterocycles. The van der Waals surface area contributed by atoms with Crippen LogP contribution in [0.1, 0.15) is 43.0 Å². The van der Waals surface area contributed by atoms with Gasteiger partial charge in [0.1, 0.15) is 48.3 Å². The van der Waals surface area contributed by atoms with E-state index in [0.29, 0.717) is 77.0 Å². The second-order valence-corrected chi connectivity index (χ2v) is 16.1. The Balaban J connectivity index is 0.863. The molecule has 0 saturated heterocycles. The summed E-state index contributed by atoms with van der Waals surface area (Å²) in [6.07, 6.45) is -0.691. The number of ether oxygens (including phenoxy) is 3. The molecule has 350 valence electrons. The van der Waals surface area contributed by atoms with Crippen LogP contribution in [0.4, 0.5) is 23.0 Å². The highest BCUT2D eigenvalue weighted by Crippen LogP contribution is 2.27. The Bertz CT molecular complexity index is 2870. The Hall–Kier alpha value is -8.51. The minimum Gasteiger partial charge on any atom is -0.492 e. The van der Waals surface area contributed by atoms with Gasteiger partial charge in [0.15, 0.2) is 17.8 Å². The van der Waals surface area contributed by atoms with Crippen LogP contribution in [-0.4, -0.2) is 93.3 Å². The summed E-state index contributed by atoms with van der Waals surface area (Å²) in [4.78, 5) is 60.0. The summed E-state index contributed by atoms with van der Waals surface area (Å²) in [5.74, 6) is 3.44. The number of carboxylic acids is 1. The van der Waals surface area contributed by atoms with E-state index in [-0.39, 0.29) is 23.6 Å². The fraction of sp³-hybridized carbons (Fsp3) is 0.179. The number of pyridine rings is 1. The number of nitrogens with one attached hydrogen (secondary N) is 2. The molecule has 0 spiro atoms. The minimum atomic E-state index is -1.03. The Morgan fingerprint density at radius 2 is 1.04 bits per heavy atom. The molecular formula is C56H53N5O8. The van der Waals surface area contributed by atoms with Crippen molar-refractivity contribution in [3.8, 4) is 11.5 Å². The van der Waals surface area contributed by atoms with Gasteiger partial charge in [0.25, 0.3) is 0 Å². The Labute approximate surface area is 401 Å². The third-order valence-corrected chi connectivity index (χ3v) is 11.4. The summed E-state index contributed by atoms with van der Waals surface area (Å²) in [7, 11) is 5.36. The van der Waals surface area contributed by atoms with Crippen molar-refractivity contribution in [3.05, 3.63) is 209 Å². The standard InChI is InChI=1S/C56H53N5O8/c1-60(33-35-68-43-29-25-39(26-30-43)37-50(56(65)66)57-48-21-12-10-19-45(48)53(63)41-15-6-4-7-16-41)51-23-14-24-52(59-51)61(2)34-36-69-44-31-27-40(28-32-44)47(38-62)55(67-3)58-49-22-13-11-20-46(49)54(64)42-17-8-5-9-18-42/h4-32,50,55,57-58H,33-37H2,1-3H3,(H,65,66)/t50-,55-/m0/s1. The highest BCUT2D eigenvalue weighted by atomic mass is 16.5. The molecule has 13 heteroatoms. The fourth-order valence-electron chi connectivity index (χ4n) is 7.50. The number of nitrogens with zero attached hydrogens (tertiary/aromatic N) is 3. The van der Waals surface area contributed by atoms with E-state index in [4.69, 9.17) is 19.2 Å². The van der Waals surface area contributed by atoms with Gasteiger partial charge in [0, 0.05) is 61.3 Å². The SMILES string of the molecule is CO[C@H](Nc1ccccc1C(=O)c1ccccc1)C(=C=O)c1ccc(OCCN(C)c2cccc(N(C)CCOc3ccc(C[C@H](Nc4ccccc4C(=O)c4ccccc4)C(=O)O)cc3)n2)cc1. The molecule has 0 aliphatic carbocycles. The molecule has 1 heterocycles.